The Hall–Kier alpha value is -1.85. The van der Waals surface area contributed by atoms with Crippen LogP contribution >= 0.6 is 0 Å². The molecular formula is C13H20N2O4. The topological polar surface area (TPSA) is 81.4 Å². The van der Waals surface area contributed by atoms with E-state index < -0.39 is 5.97 Å². The van der Waals surface area contributed by atoms with Crippen molar-refractivity contribution in [3.05, 3.63) is 17.0 Å². The molecule has 19 heavy (non-hydrogen) atoms. The fraction of sp³-hybridized carbons (Fsp3) is 0.615. The molecule has 0 atom stereocenters. The lowest BCUT2D eigenvalue weighted by Crippen LogP contribution is -2.30. The number of amides is 1. The minimum absolute atomic E-state index is 0.287. The van der Waals surface area contributed by atoms with Crippen LogP contribution in [0.25, 0.3) is 0 Å². The zero-order chi connectivity index (χ0) is 14.4. The maximum Gasteiger partial charge on any atom is 0.344 e. The molecule has 1 heterocycles. The highest BCUT2D eigenvalue weighted by Gasteiger charge is 2.19. The average Bonchev–Trinajstić information content (AvgIpc) is 2.65. The van der Waals surface area contributed by atoms with Crippen molar-refractivity contribution in [2.75, 3.05) is 13.2 Å². The Labute approximate surface area is 112 Å². The summed E-state index contributed by atoms with van der Waals surface area (Å²) >= 11 is 0. The molecule has 1 N–H and O–H groups in total. The van der Waals surface area contributed by atoms with Crippen LogP contribution in [-0.4, -0.2) is 30.2 Å². The molecule has 0 saturated heterocycles. The van der Waals surface area contributed by atoms with E-state index in [4.69, 9.17) is 9.26 Å². The summed E-state index contributed by atoms with van der Waals surface area (Å²) in [6.07, 6.45) is 0.892. The molecule has 0 bridgehead atoms. The molecular weight excluding hydrogens is 248 g/mol. The third-order valence-electron chi connectivity index (χ3n) is 2.62. The molecule has 0 unspecified atom stereocenters. The van der Waals surface area contributed by atoms with Gasteiger partial charge in [0.05, 0.1) is 5.69 Å². The van der Waals surface area contributed by atoms with Gasteiger partial charge in [-0.1, -0.05) is 19.0 Å². The van der Waals surface area contributed by atoms with Crippen molar-refractivity contribution >= 4 is 11.9 Å². The highest BCUT2D eigenvalue weighted by molar-refractivity contribution is 5.93. The molecule has 0 aliphatic heterocycles. The minimum Gasteiger partial charge on any atom is -0.452 e. The summed E-state index contributed by atoms with van der Waals surface area (Å²) in [4.78, 5) is 23.2. The summed E-state index contributed by atoms with van der Waals surface area (Å²) in [5.41, 5.74) is 0.748. The van der Waals surface area contributed by atoms with Crippen LogP contribution in [0.3, 0.4) is 0 Å². The van der Waals surface area contributed by atoms with Gasteiger partial charge in [0.2, 0.25) is 0 Å². The Kier molecular flexibility index (Phi) is 5.54. The Morgan fingerprint density at radius 1 is 1.37 bits per heavy atom. The SMILES string of the molecule is Cc1noc(C)c1C(=O)OCC(=O)NCCC(C)C. The summed E-state index contributed by atoms with van der Waals surface area (Å²) in [7, 11) is 0. The molecule has 0 aliphatic carbocycles. The lowest BCUT2D eigenvalue weighted by atomic mass is 10.1. The van der Waals surface area contributed by atoms with E-state index in [1.807, 2.05) is 0 Å². The molecule has 1 aromatic heterocycles. The fourth-order valence-corrected chi connectivity index (χ4v) is 1.53. The van der Waals surface area contributed by atoms with Gasteiger partial charge in [-0.15, -0.1) is 0 Å². The van der Waals surface area contributed by atoms with E-state index in [1.165, 1.54) is 0 Å². The highest BCUT2D eigenvalue weighted by Crippen LogP contribution is 2.13. The highest BCUT2D eigenvalue weighted by atomic mass is 16.5. The molecule has 0 aliphatic rings. The normalized spacial score (nSPS) is 10.6. The van der Waals surface area contributed by atoms with Gasteiger partial charge < -0.3 is 14.6 Å². The summed E-state index contributed by atoms with van der Waals surface area (Å²) in [5, 5.41) is 6.35. The van der Waals surface area contributed by atoms with Crippen LogP contribution in [-0.2, 0) is 9.53 Å². The lowest BCUT2D eigenvalue weighted by molar-refractivity contribution is -0.124. The molecule has 1 aromatic rings. The van der Waals surface area contributed by atoms with Crippen LogP contribution < -0.4 is 5.32 Å². The van der Waals surface area contributed by atoms with Gasteiger partial charge in [0.25, 0.3) is 5.91 Å². The molecule has 1 rings (SSSR count). The monoisotopic (exact) mass is 268 g/mol. The number of aryl methyl sites for hydroxylation is 2. The van der Waals surface area contributed by atoms with Crippen molar-refractivity contribution in [3.63, 3.8) is 0 Å². The molecule has 0 aromatic carbocycles. The van der Waals surface area contributed by atoms with E-state index in [0.29, 0.717) is 23.9 Å². The number of esters is 1. The molecule has 1 amide bonds. The number of carbonyl (C=O) groups is 2. The Balaban J connectivity index is 2.36. The smallest absolute Gasteiger partial charge is 0.344 e. The second kappa shape index (κ2) is 6.92. The van der Waals surface area contributed by atoms with Crippen LogP contribution in [0, 0.1) is 19.8 Å². The van der Waals surface area contributed by atoms with Crippen molar-refractivity contribution < 1.29 is 18.8 Å². The summed E-state index contributed by atoms with van der Waals surface area (Å²) in [6.45, 7) is 7.71. The predicted molar refractivity (Wildman–Crippen MR) is 68.7 cm³/mol. The number of aromatic nitrogens is 1. The number of nitrogens with zero attached hydrogens (tertiary/aromatic N) is 1. The van der Waals surface area contributed by atoms with Crippen molar-refractivity contribution in [1.82, 2.24) is 10.5 Å². The van der Waals surface area contributed by atoms with Gasteiger partial charge in [-0.25, -0.2) is 4.79 Å². The van der Waals surface area contributed by atoms with Gasteiger partial charge in [-0.05, 0) is 26.2 Å². The number of rotatable bonds is 6. The molecule has 0 spiro atoms. The molecule has 0 saturated carbocycles. The zero-order valence-electron chi connectivity index (χ0n) is 11.8. The number of carbonyl (C=O) groups excluding carboxylic acids is 2. The average molecular weight is 268 g/mol. The lowest BCUT2D eigenvalue weighted by Gasteiger charge is -2.07. The molecule has 0 fully saturated rings. The molecule has 0 radical (unpaired) electrons. The van der Waals surface area contributed by atoms with Crippen molar-refractivity contribution in [1.29, 1.82) is 0 Å². The maximum atomic E-state index is 11.7. The van der Waals surface area contributed by atoms with E-state index in [2.05, 4.69) is 24.3 Å². The first-order valence-electron chi connectivity index (χ1n) is 6.28. The van der Waals surface area contributed by atoms with Crippen LogP contribution in [0.4, 0.5) is 0 Å². The third-order valence-corrected chi connectivity index (χ3v) is 2.62. The van der Waals surface area contributed by atoms with E-state index >= 15 is 0 Å². The minimum atomic E-state index is -0.588. The first-order valence-corrected chi connectivity index (χ1v) is 6.28. The quantitative estimate of drug-likeness (QED) is 0.793. The zero-order valence-corrected chi connectivity index (χ0v) is 11.8. The van der Waals surface area contributed by atoms with Gasteiger partial charge in [-0.3, -0.25) is 4.79 Å². The van der Waals surface area contributed by atoms with Crippen LogP contribution in [0.5, 0.6) is 0 Å². The van der Waals surface area contributed by atoms with Gasteiger partial charge in [0.1, 0.15) is 11.3 Å². The van der Waals surface area contributed by atoms with Crippen molar-refractivity contribution in [3.8, 4) is 0 Å². The second-order valence-electron chi connectivity index (χ2n) is 4.81. The fourth-order valence-electron chi connectivity index (χ4n) is 1.53. The third kappa shape index (κ3) is 4.73. The van der Waals surface area contributed by atoms with Crippen molar-refractivity contribution in [2.45, 2.75) is 34.1 Å². The van der Waals surface area contributed by atoms with E-state index in [9.17, 15) is 9.59 Å². The van der Waals surface area contributed by atoms with E-state index in [-0.39, 0.29) is 18.1 Å². The van der Waals surface area contributed by atoms with Gasteiger partial charge in [0, 0.05) is 6.54 Å². The second-order valence-corrected chi connectivity index (χ2v) is 4.81. The number of hydrogen-bond donors (Lipinski definition) is 1. The summed E-state index contributed by atoms with van der Waals surface area (Å²) in [6, 6.07) is 0. The molecule has 6 nitrogen and oxygen atoms in total. The van der Waals surface area contributed by atoms with Gasteiger partial charge >= 0.3 is 5.97 Å². The first kappa shape index (κ1) is 15.2. The summed E-state index contributed by atoms with van der Waals surface area (Å²) in [5.74, 6) is 0.0175. The maximum absolute atomic E-state index is 11.7. The standard InChI is InChI=1S/C13H20N2O4/c1-8(2)5-6-14-11(16)7-18-13(17)12-9(3)15-19-10(12)4/h8H,5-7H2,1-4H3,(H,14,16). The van der Waals surface area contributed by atoms with Crippen LogP contribution in [0.1, 0.15) is 42.1 Å². The van der Waals surface area contributed by atoms with Gasteiger partial charge in [0.15, 0.2) is 6.61 Å². The molecule has 6 heteroatoms. The van der Waals surface area contributed by atoms with E-state index in [0.717, 1.165) is 6.42 Å². The Morgan fingerprint density at radius 3 is 2.58 bits per heavy atom. The van der Waals surface area contributed by atoms with Crippen LogP contribution in [0.15, 0.2) is 4.52 Å². The number of hydrogen-bond acceptors (Lipinski definition) is 5. The molecule has 106 valence electrons. The number of nitrogens with one attached hydrogen (secondary N) is 1. The predicted octanol–water partition coefficient (Wildman–Crippen LogP) is 1.61. The Bertz CT molecular complexity index is 432. The van der Waals surface area contributed by atoms with Gasteiger partial charge in [-0.2, -0.15) is 0 Å². The van der Waals surface area contributed by atoms with E-state index in [1.54, 1.807) is 13.8 Å². The largest absolute Gasteiger partial charge is 0.452 e. The number of ether oxygens (including phenoxy) is 1. The Morgan fingerprint density at radius 2 is 2.05 bits per heavy atom. The first-order chi connectivity index (χ1) is 8.91. The van der Waals surface area contributed by atoms with Crippen molar-refractivity contribution in [2.24, 2.45) is 5.92 Å². The van der Waals surface area contributed by atoms with Crippen LogP contribution in [0.2, 0.25) is 0 Å². The summed E-state index contributed by atoms with van der Waals surface area (Å²) < 4.78 is 9.78.